The zero-order valence-electron chi connectivity index (χ0n) is 15.0. The molecule has 0 radical (unpaired) electrons. The SMILES string of the molecule is Cc1c(Br)ccc(NC(=O)CCN2C(=O)[C@@H]3[C@H]4CC[C@@H](C4)[C@@H]3C2=O)c1C. The van der Waals surface area contributed by atoms with Crippen molar-refractivity contribution in [3.8, 4) is 0 Å². The fourth-order valence-corrected chi connectivity index (χ4v) is 5.47. The van der Waals surface area contributed by atoms with E-state index in [0.717, 1.165) is 40.5 Å². The van der Waals surface area contributed by atoms with Crippen LogP contribution in [0.1, 0.15) is 36.8 Å². The molecule has 138 valence electrons. The Balaban J connectivity index is 1.39. The third-order valence-corrected chi connectivity index (χ3v) is 7.44. The molecule has 4 rings (SSSR count). The Hall–Kier alpha value is -1.69. The van der Waals surface area contributed by atoms with Crippen molar-refractivity contribution in [2.45, 2.75) is 39.5 Å². The minimum absolute atomic E-state index is 0.0457. The molecule has 1 aromatic carbocycles. The summed E-state index contributed by atoms with van der Waals surface area (Å²) in [5, 5.41) is 2.90. The first-order chi connectivity index (χ1) is 12.4. The maximum absolute atomic E-state index is 12.7. The quantitative estimate of drug-likeness (QED) is 0.761. The highest BCUT2D eigenvalue weighted by atomic mass is 79.9. The molecule has 5 nitrogen and oxygen atoms in total. The summed E-state index contributed by atoms with van der Waals surface area (Å²) in [6, 6.07) is 3.76. The van der Waals surface area contributed by atoms with Gasteiger partial charge in [0.1, 0.15) is 0 Å². The lowest BCUT2D eigenvalue weighted by Gasteiger charge is -2.19. The smallest absolute Gasteiger partial charge is 0.233 e. The molecule has 2 aliphatic carbocycles. The number of rotatable bonds is 4. The summed E-state index contributed by atoms with van der Waals surface area (Å²) in [6.45, 7) is 4.13. The lowest BCUT2D eigenvalue weighted by Crippen LogP contribution is -2.35. The fraction of sp³-hybridized carbons (Fsp3) is 0.550. The molecule has 3 amide bonds. The van der Waals surface area contributed by atoms with E-state index in [-0.39, 0.29) is 42.5 Å². The minimum atomic E-state index is -0.171. The molecule has 3 fully saturated rings. The second-order valence-electron chi connectivity index (χ2n) is 7.86. The van der Waals surface area contributed by atoms with Gasteiger partial charge in [-0.3, -0.25) is 19.3 Å². The largest absolute Gasteiger partial charge is 0.326 e. The number of hydrogen-bond acceptors (Lipinski definition) is 3. The lowest BCUT2D eigenvalue weighted by atomic mass is 9.81. The summed E-state index contributed by atoms with van der Waals surface area (Å²) in [5.41, 5.74) is 2.85. The van der Waals surface area contributed by atoms with Gasteiger partial charge in [0, 0.05) is 23.1 Å². The summed E-state index contributed by atoms with van der Waals surface area (Å²) in [7, 11) is 0. The number of imide groups is 1. The number of likely N-dealkylation sites (tertiary alicyclic amines) is 1. The van der Waals surface area contributed by atoms with Gasteiger partial charge in [-0.25, -0.2) is 0 Å². The Labute approximate surface area is 161 Å². The minimum Gasteiger partial charge on any atom is -0.326 e. The van der Waals surface area contributed by atoms with E-state index in [1.54, 1.807) is 0 Å². The molecule has 3 aliphatic rings. The number of nitrogens with one attached hydrogen (secondary N) is 1. The Morgan fingerprint density at radius 1 is 1.12 bits per heavy atom. The van der Waals surface area contributed by atoms with Crippen molar-refractivity contribution in [2.75, 3.05) is 11.9 Å². The number of benzene rings is 1. The van der Waals surface area contributed by atoms with Crippen LogP contribution in [0.3, 0.4) is 0 Å². The van der Waals surface area contributed by atoms with Crippen LogP contribution >= 0.6 is 15.9 Å². The summed E-state index contributed by atoms with van der Waals surface area (Å²) in [4.78, 5) is 39.0. The van der Waals surface area contributed by atoms with Gasteiger partial charge in [0.15, 0.2) is 0 Å². The summed E-state index contributed by atoms with van der Waals surface area (Å²) >= 11 is 3.48. The van der Waals surface area contributed by atoms with E-state index in [1.807, 2.05) is 26.0 Å². The first kappa shape index (κ1) is 17.7. The number of anilines is 1. The third-order valence-electron chi connectivity index (χ3n) is 6.58. The van der Waals surface area contributed by atoms with Crippen molar-refractivity contribution in [1.29, 1.82) is 0 Å². The van der Waals surface area contributed by atoms with Gasteiger partial charge in [0.25, 0.3) is 0 Å². The Bertz CT molecular complexity index is 778. The second kappa shape index (κ2) is 6.48. The van der Waals surface area contributed by atoms with Crippen molar-refractivity contribution >= 4 is 39.3 Å². The molecule has 1 N–H and O–H groups in total. The van der Waals surface area contributed by atoms with Gasteiger partial charge in [0.05, 0.1) is 11.8 Å². The van der Waals surface area contributed by atoms with Gasteiger partial charge in [-0.15, -0.1) is 0 Å². The molecule has 1 aromatic rings. The Morgan fingerprint density at radius 3 is 2.35 bits per heavy atom. The van der Waals surface area contributed by atoms with Gasteiger partial charge in [-0.2, -0.15) is 0 Å². The molecule has 4 atom stereocenters. The van der Waals surface area contributed by atoms with E-state index in [1.165, 1.54) is 4.90 Å². The standard InChI is InChI=1S/C20H23BrN2O3/c1-10-11(2)15(6-5-14(10)21)22-16(24)7-8-23-19(25)17-12-3-4-13(9-12)18(17)20(23)26/h5-6,12-13,17-18H,3-4,7-9H2,1-2H3,(H,22,24)/t12-,13-,17-,18+/m0/s1. The number of fused-ring (bicyclic) bond motifs is 5. The zero-order valence-corrected chi connectivity index (χ0v) is 16.6. The van der Waals surface area contributed by atoms with E-state index >= 15 is 0 Å². The van der Waals surface area contributed by atoms with Crippen LogP contribution in [-0.2, 0) is 14.4 Å². The molecular formula is C20H23BrN2O3. The van der Waals surface area contributed by atoms with Crippen LogP contribution in [0.4, 0.5) is 5.69 Å². The molecule has 2 saturated carbocycles. The van der Waals surface area contributed by atoms with Gasteiger partial charge >= 0.3 is 0 Å². The Kier molecular flexibility index (Phi) is 4.41. The number of halogens is 1. The molecule has 0 unspecified atom stereocenters. The highest BCUT2D eigenvalue weighted by molar-refractivity contribution is 9.10. The Morgan fingerprint density at radius 2 is 1.73 bits per heavy atom. The van der Waals surface area contributed by atoms with E-state index in [2.05, 4.69) is 21.2 Å². The van der Waals surface area contributed by atoms with Crippen molar-refractivity contribution in [1.82, 2.24) is 4.90 Å². The fourth-order valence-electron chi connectivity index (χ4n) is 5.04. The monoisotopic (exact) mass is 418 g/mol. The van der Waals surface area contributed by atoms with Crippen LogP contribution in [0.5, 0.6) is 0 Å². The summed E-state index contributed by atoms with van der Waals surface area (Å²) < 4.78 is 1.00. The number of carbonyl (C=O) groups is 3. The first-order valence-corrected chi connectivity index (χ1v) is 10.1. The van der Waals surface area contributed by atoms with Crippen LogP contribution in [0, 0.1) is 37.5 Å². The summed E-state index contributed by atoms with van der Waals surface area (Å²) in [6.07, 6.45) is 3.31. The average molecular weight is 419 g/mol. The van der Waals surface area contributed by atoms with E-state index in [4.69, 9.17) is 0 Å². The third kappa shape index (κ3) is 2.70. The molecule has 0 aromatic heterocycles. The molecular weight excluding hydrogens is 396 g/mol. The van der Waals surface area contributed by atoms with E-state index in [9.17, 15) is 14.4 Å². The number of carbonyl (C=O) groups excluding carboxylic acids is 3. The zero-order chi connectivity index (χ0) is 18.6. The van der Waals surface area contributed by atoms with Crippen molar-refractivity contribution < 1.29 is 14.4 Å². The van der Waals surface area contributed by atoms with Crippen LogP contribution < -0.4 is 5.32 Å². The van der Waals surface area contributed by atoms with Crippen molar-refractivity contribution in [2.24, 2.45) is 23.7 Å². The molecule has 1 saturated heterocycles. The molecule has 1 heterocycles. The first-order valence-electron chi connectivity index (χ1n) is 9.29. The van der Waals surface area contributed by atoms with Gasteiger partial charge < -0.3 is 5.32 Å². The van der Waals surface area contributed by atoms with E-state index < -0.39 is 0 Å². The lowest BCUT2D eigenvalue weighted by molar-refractivity contribution is -0.140. The number of nitrogens with zero attached hydrogens (tertiary/aromatic N) is 1. The summed E-state index contributed by atoms with van der Waals surface area (Å²) in [5.74, 6) is 0.283. The molecule has 0 spiro atoms. The van der Waals surface area contributed by atoms with Crippen LogP contribution in [0.25, 0.3) is 0 Å². The molecule has 2 bridgehead atoms. The average Bonchev–Trinajstić information content (AvgIpc) is 3.28. The normalized spacial score (nSPS) is 29.4. The van der Waals surface area contributed by atoms with Gasteiger partial charge in [-0.05, 0) is 68.2 Å². The molecule has 1 aliphatic heterocycles. The predicted octanol–water partition coefficient (Wildman–Crippen LogP) is 3.43. The predicted molar refractivity (Wildman–Crippen MR) is 101 cm³/mol. The molecule has 6 heteroatoms. The van der Waals surface area contributed by atoms with Crippen molar-refractivity contribution in [3.05, 3.63) is 27.7 Å². The maximum atomic E-state index is 12.7. The topological polar surface area (TPSA) is 66.5 Å². The van der Waals surface area contributed by atoms with Crippen LogP contribution in [-0.4, -0.2) is 29.2 Å². The van der Waals surface area contributed by atoms with Crippen LogP contribution in [0.15, 0.2) is 16.6 Å². The number of amides is 3. The van der Waals surface area contributed by atoms with Crippen molar-refractivity contribution in [3.63, 3.8) is 0 Å². The maximum Gasteiger partial charge on any atom is 0.233 e. The highest BCUT2D eigenvalue weighted by Crippen LogP contribution is 2.56. The number of hydrogen-bond donors (Lipinski definition) is 1. The van der Waals surface area contributed by atoms with E-state index in [0.29, 0.717) is 11.8 Å². The van der Waals surface area contributed by atoms with Gasteiger partial charge in [-0.1, -0.05) is 15.9 Å². The second-order valence-corrected chi connectivity index (χ2v) is 8.71. The highest BCUT2D eigenvalue weighted by Gasteiger charge is 2.60. The van der Waals surface area contributed by atoms with Crippen LogP contribution in [0.2, 0.25) is 0 Å². The molecule has 26 heavy (non-hydrogen) atoms. The van der Waals surface area contributed by atoms with Gasteiger partial charge in [0.2, 0.25) is 17.7 Å².